The highest BCUT2D eigenvalue weighted by Crippen LogP contribution is 2.18. The number of carbonyl (C=O) groups excluding carboxylic acids is 3. The standard InChI is InChI=1S/C59H114O6/c1-53(2)45-39-33-27-21-16-12-8-7-9-14-18-24-30-36-42-48-57(60)63-51-56(65-59(62)50-44-38-32-26-20-23-29-35-41-47-55(5)6)52-64-58(61)49-43-37-31-25-19-15-11-10-13-17-22-28-34-40-46-54(3)4/h53-56H,7-52H2,1-6H3/t56-/m1/s1. The van der Waals surface area contributed by atoms with Crippen molar-refractivity contribution in [3.63, 3.8) is 0 Å². The van der Waals surface area contributed by atoms with E-state index in [1.54, 1.807) is 0 Å². The van der Waals surface area contributed by atoms with Gasteiger partial charge in [-0.15, -0.1) is 0 Å². The number of hydrogen-bond donors (Lipinski definition) is 0. The maximum Gasteiger partial charge on any atom is 0.306 e. The molecule has 0 aromatic rings. The minimum absolute atomic E-state index is 0.0637. The van der Waals surface area contributed by atoms with Crippen molar-refractivity contribution in [3.8, 4) is 0 Å². The summed E-state index contributed by atoms with van der Waals surface area (Å²) in [6, 6.07) is 0. The molecule has 0 heterocycles. The molecule has 0 aliphatic carbocycles. The lowest BCUT2D eigenvalue weighted by Crippen LogP contribution is -2.30. The third kappa shape index (κ3) is 53.2. The maximum absolute atomic E-state index is 12.8. The zero-order chi connectivity index (χ0) is 47.7. The van der Waals surface area contributed by atoms with Crippen LogP contribution in [0.4, 0.5) is 0 Å². The molecule has 0 aromatic heterocycles. The summed E-state index contributed by atoms with van der Waals surface area (Å²) in [6.45, 7) is 13.8. The van der Waals surface area contributed by atoms with Gasteiger partial charge in [-0.25, -0.2) is 0 Å². The van der Waals surface area contributed by atoms with E-state index in [9.17, 15) is 14.4 Å². The van der Waals surface area contributed by atoms with Crippen LogP contribution in [0.3, 0.4) is 0 Å². The summed E-state index contributed by atoms with van der Waals surface area (Å²) < 4.78 is 16.9. The summed E-state index contributed by atoms with van der Waals surface area (Å²) in [4.78, 5) is 38.1. The van der Waals surface area contributed by atoms with Crippen LogP contribution in [0.5, 0.6) is 0 Å². The SMILES string of the molecule is CC(C)CCCCCCCCCCCCCCCCCC(=O)OC[C@H](COC(=O)CCCCCCCCCCCCCCCCC(C)C)OC(=O)CCCCCCCCCCCC(C)C. The van der Waals surface area contributed by atoms with Gasteiger partial charge in [-0.2, -0.15) is 0 Å². The van der Waals surface area contributed by atoms with Gasteiger partial charge in [-0.3, -0.25) is 14.4 Å². The second-order valence-corrected chi connectivity index (χ2v) is 21.7. The molecule has 0 saturated carbocycles. The van der Waals surface area contributed by atoms with E-state index in [1.165, 1.54) is 205 Å². The van der Waals surface area contributed by atoms with Crippen LogP contribution in [-0.2, 0) is 28.6 Å². The third-order valence-corrected chi connectivity index (χ3v) is 13.4. The Bertz CT molecular complexity index is 1010. The Morgan fingerprint density at radius 2 is 0.446 bits per heavy atom. The predicted octanol–water partition coefficient (Wildman–Crippen LogP) is 19.1. The number of unbranched alkanes of at least 4 members (excludes halogenated alkanes) is 35. The van der Waals surface area contributed by atoms with E-state index >= 15 is 0 Å². The first-order valence-corrected chi connectivity index (χ1v) is 29.1. The molecule has 0 unspecified atom stereocenters. The molecule has 0 radical (unpaired) electrons. The second kappa shape index (κ2) is 50.3. The molecule has 0 aromatic carbocycles. The van der Waals surface area contributed by atoms with Gasteiger partial charge >= 0.3 is 17.9 Å². The van der Waals surface area contributed by atoms with E-state index in [2.05, 4.69) is 41.5 Å². The summed E-state index contributed by atoms with van der Waals surface area (Å²) in [6.07, 6.45) is 52.4. The van der Waals surface area contributed by atoms with Gasteiger partial charge < -0.3 is 14.2 Å². The van der Waals surface area contributed by atoms with Gasteiger partial charge in [0, 0.05) is 19.3 Å². The van der Waals surface area contributed by atoms with Crippen molar-refractivity contribution in [2.75, 3.05) is 13.2 Å². The van der Waals surface area contributed by atoms with Crippen LogP contribution in [0.25, 0.3) is 0 Å². The van der Waals surface area contributed by atoms with Gasteiger partial charge in [0.25, 0.3) is 0 Å². The van der Waals surface area contributed by atoms with Crippen molar-refractivity contribution in [3.05, 3.63) is 0 Å². The second-order valence-electron chi connectivity index (χ2n) is 21.7. The fourth-order valence-electron chi connectivity index (χ4n) is 9.00. The molecule has 6 heteroatoms. The van der Waals surface area contributed by atoms with Crippen LogP contribution in [0.1, 0.15) is 324 Å². The van der Waals surface area contributed by atoms with Crippen LogP contribution in [0, 0.1) is 17.8 Å². The van der Waals surface area contributed by atoms with Crippen LogP contribution >= 0.6 is 0 Å². The lowest BCUT2D eigenvalue weighted by Gasteiger charge is -2.18. The quantitative estimate of drug-likeness (QED) is 0.0344. The first-order valence-electron chi connectivity index (χ1n) is 29.1. The third-order valence-electron chi connectivity index (χ3n) is 13.4. The van der Waals surface area contributed by atoms with E-state index in [0.717, 1.165) is 75.5 Å². The zero-order valence-electron chi connectivity index (χ0n) is 44.8. The van der Waals surface area contributed by atoms with Crippen molar-refractivity contribution >= 4 is 17.9 Å². The van der Waals surface area contributed by atoms with Crippen LogP contribution in [0.15, 0.2) is 0 Å². The van der Waals surface area contributed by atoms with Gasteiger partial charge in [0.05, 0.1) is 0 Å². The summed E-state index contributed by atoms with van der Waals surface area (Å²) in [7, 11) is 0. The molecule has 386 valence electrons. The molecule has 0 bridgehead atoms. The molecule has 0 N–H and O–H groups in total. The van der Waals surface area contributed by atoms with Gasteiger partial charge in [-0.1, -0.05) is 286 Å². The lowest BCUT2D eigenvalue weighted by molar-refractivity contribution is -0.167. The van der Waals surface area contributed by atoms with Crippen LogP contribution in [0.2, 0.25) is 0 Å². The minimum atomic E-state index is -0.764. The molecule has 0 aliphatic heterocycles. The highest BCUT2D eigenvalue weighted by molar-refractivity contribution is 5.71. The number of esters is 3. The molecule has 0 aliphatic rings. The van der Waals surface area contributed by atoms with E-state index in [-0.39, 0.29) is 31.1 Å². The first kappa shape index (κ1) is 63.4. The van der Waals surface area contributed by atoms with Gasteiger partial charge in [0.2, 0.25) is 0 Å². The highest BCUT2D eigenvalue weighted by atomic mass is 16.6. The molecular formula is C59H114O6. The first-order chi connectivity index (χ1) is 31.6. The lowest BCUT2D eigenvalue weighted by atomic mass is 10.0. The van der Waals surface area contributed by atoms with Crippen molar-refractivity contribution in [1.82, 2.24) is 0 Å². The van der Waals surface area contributed by atoms with Gasteiger partial charge in [0.1, 0.15) is 13.2 Å². The molecule has 0 rings (SSSR count). The zero-order valence-corrected chi connectivity index (χ0v) is 44.8. The normalized spacial score (nSPS) is 12.1. The van der Waals surface area contributed by atoms with Crippen molar-refractivity contribution in [2.24, 2.45) is 17.8 Å². The van der Waals surface area contributed by atoms with Crippen molar-refractivity contribution in [2.45, 2.75) is 330 Å². The minimum Gasteiger partial charge on any atom is -0.462 e. The molecule has 65 heavy (non-hydrogen) atoms. The van der Waals surface area contributed by atoms with E-state index < -0.39 is 6.10 Å². The average molecular weight is 920 g/mol. The molecular weight excluding hydrogens is 805 g/mol. The molecule has 0 spiro atoms. The number of carbonyl (C=O) groups is 3. The Balaban J connectivity index is 4.26. The summed E-state index contributed by atoms with van der Waals surface area (Å²) in [5, 5.41) is 0. The highest BCUT2D eigenvalue weighted by Gasteiger charge is 2.19. The van der Waals surface area contributed by atoms with Crippen molar-refractivity contribution in [1.29, 1.82) is 0 Å². The van der Waals surface area contributed by atoms with Crippen LogP contribution in [-0.4, -0.2) is 37.2 Å². The molecule has 0 fully saturated rings. The fraction of sp³-hybridized carbons (Fsp3) is 0.949. The Morgan fingerprint density at radius 1 is 0.262 bits per heavy atom. The molecule has 1 atom stereocenters. The van der Waals surface area contributed by atoms with Gasteiger partial charge in [0.15, 0.2) is 6.10 Å². The number of rotatable bonds is 52. The molecule has 6 nitrogen and oxygen atoms in total. The Kier molecular flexibility index (Phi) is 49.1. The summed E-state index contributed by atoms with van der Waals surface area (Å²) in [5.41, 5.74) is 0. The van der Waals surface area contributed by atoms with Crippen molar-refractivity contribution < 1.29 is 28.6 Å². The topological polar surface area (TPSA) is 78.9 Å². The number of hydrogen-bond acceptors (Lipinski definition) is 6. The van der Waals surface area contributed by atoms with Gasteiger partial charge in [-0.05, 0) is 37.0 Å². The average Bonchev–Trinajstić information content (AvgIpc) is 3.26. The fourth-order valence-corrected chi connectivity index (χ4v) is 9.00. The van der Waals surface area contributed by atoms with E-state index in [1.807, 2.05) is 0 Å². The monoisotopic (exact) mass is 919 g/mol. The predicted molar refractivity (Wildman–Crippen MR) is 279 cm³/mol. The summed E-state index contributed by atoms with van der Waals surface area (Å²) in [5.74, 6) is 1.66. The molecule has 0 amide bonds. The smallest absolute Gasteiger partial charge is 0.306 e. The number of ether oxygens (including phenoxy) is 3. The summed E-state index contributed by atoms with van der Waals surface area (Å²) >= 11 is 0. The van der Waals surface area contributed by atoms with E-state index in [4.69, 9.17) is 14.2 Å². The Labute approximate surface area is 406 Å². The van der Waals surface area contributed by atoms with E-state index in [0.29, 0.717) is 19.3 Å². The maximum atomic E-state index is 12.8. The Morgan fingerprint density at radius 3 is 0.662 bits per heavy atom. The molecule has 0 saturated heterocycles. The van der Waals surface area contributed by atoms with Crippen LogP contribution < -0.4 is 0 Å². The Hall–Kier alpha value is -1.59. The largest absolute Gasteiger partial charge is 0.462 e.